The highest BCUT2D eigenvalue weighted by molar-refractivity contribution is 5.79. The lowest BCUT2D eigenvalue weighted by molar-refractivity contribution is -0.384. The summed E-state index contributed by atoms with van der Waals surface area (Å²) in [4.78, 5) is 22.3. The van der Waals surface area contributed by atoms with Crippen LogP contribution in [0.3, 0.4) is 0 Å². The SMILES string of the molecule is COc1ccc(CC(=O)NCc2cc([N+](=O)[O-])ccc2O)c(OC)c1. The number of non-ortho nitro benzene ring substituents is 1. The van der Waals surface area contributed by atoms with Gasteiger partial charge in [0.15, 0.2) is 0 Å². The van der Waals surface area contributed by atoms with Gasteiger partial charge in [-0.15, -0.1) is 0 Å². The summed E-state index contributed by atoms with van der Waals surface area (Å²) in [5.41, 5.74) is 0.784. The third-order valence-corrected chi connectivity index (χ3v) is 3.60. The largest absolute Gasteiger partial charge is 0.508 e. The summed E-state index contributed by atoms with van der Waals surface area (Å²) in [5.74, 6) is 0.706. The number of nitro groups is 1. The number of hydrogen-bond donors (Lipinski definition) is 2. The number of benzene rings is 2. The van der Waals surface area contributed by atoms with Gasteiger partial charge in [-0.05, 0) is 12.1 Å². The van der Waals surface area contributed by atoms with Crippen molar-refractivity contribution in [2.24, 2.45) is 0 Å². The zero-order valence-electron chi connectivity index (χ0n) is 13.8. The van der Waals surface area contributed by atoms with Gasteiger partial charge in [-0.1, -0.05) is 6.07 Å². The maximum Gasteiger partial charge on any atom is 0.270 e. The number of phenolic OH excluding ortho intramolecular Hbond substituents is 1. The Balaban J connectivity index is 2.04. The number of nitrogens with zero attached hydrogens (tertiary/aromatic N) is 1. The first-order chi connectivity index (χ1) is 11.9. The van der Waals surface area contributed by atoms with Gasteiger partial charge >= 0.3 is 0 Å². The second-order valence-corrected chi connectivity index (χ2v) is 5.20. The average molecular weight is 346 g/mol. The van der Waals surface area contributed by atoms with E-state index in [9.17, 15) is 20.0 Å². The summed E-state index contributed by atoms with van der Waals surface area (Å²) >= 11 is 0. The van der Waals surface area contributed by atoms with Crippen LogP contribution in [-0.2, 0) is 17.8 Å². The molecule has 0 heterocycles. The number of rotatable bonds is 7. The van der Waals surface area contributed by atoms with Crippen molar-refractivity contribution < 1.29 is 24.3 Å². The fraction of sp³-hybridized carbons (Fsp3) is 0.235. The van der Waals surface area contributed by atoms with Crippen LogP contribution < -0.4 is 14.8 Å². The molecule has 8 heteroatoms. The van der Waals surface area contributed by atoms with Gasteiger partial charge in [0, 0.05) is 35.9 Å². The number of carbonyl (C=O) groups excluding carboxylic acids is 1. The van der Waals surface area contributed by atoms with Gasteiger partial charge in [0.25, 0.3) is 5.69 Å². The molecule has 2 rings (SSSR count). The van der Waals surface area contributed by atoms with Crippen molar-refractivity contribution in [3.05, 3.63) is 57.6 Å². The number of methoxy groups -OCH3 is 2. The van der Waals surface area contributed by atoms with E-state index >= 15 is 0 Å². The molecule has 0 unspecified atom stereocenters. The van der Waals surface area contributed by atoms with Gasteiger partial charge in [0.2, 0.25) is 5.91 Å². The lowest BCUT2D eigenvalue weighted by Crippen LogP contribution is -2.24. The van der Waals surface area contributed by atoms with Crippen LogP contribution in [0.5, 0.6) is 17.2 Å². The Morgan fingerprint density at radius 2 is 1.92 bits per heavy atom. The quantitative estimate of drug-likeness (QED) is 0.587. The maximum atomic E-state index is 12.1. The molecule has 0 aliphatic rings. The molecule has 0 fully saturated rings. The molecule has 0 atom stereocenters. The second kappa shape index (κ2) is 8.00. The van der Waals surface area contributed by atoms with E-state index in [1.54, 1.807) is 18.2 Å². The monoisotopic (exact) mass is 346 g/mol. The average Bonchev–Trinajstić information content (AvgIpc) is 2.61. The summed E-state index contributed by atoms with van der Waals surface area (Å²) in [6, 6.07) is 8.77. The van der Waals surface area contributed by atoms with E-state index in [0.29, 0.717) is 17.1 Å². The standard InChI is InChI=1S/C17H18N2O6/c1-24-14-5-3-11(16(9-14)25-2)8-17(21)18-10-12-7-13(19(22)23)4-6-15(12)20/h3-7,9,20H,8,10H2,1-2H3,(H,18,21). The lowest BCUT2D eigenvalue weighted by Gasteiger charge is -2.11. The molecule has 0 aliphatic carbocycles. The topological polar surface area (TPSA) is 111 Å². The minimum Gasteiger partial charge on any atom is -0.508 e. The summed E-state index contributed by atoms with van der Waals surface area (Å²) in [5, 5.41) is 23.2. The zero-order chi connectivity index (χ0) is 18.4. The van der Waals surface area contributed by atoms with Crippen LogP contribution >= 0.6 is 0 Å². The summed E-state index contributed by atoms with van der Waals surface area (Å²) in [6.45, 7) is -0.0230. The van der Waals surface area contributed by atoms with Crippen molar-refractivity contribution >= 4 is 11.6 Å². The normalized spacial score (nSPS) is 10.2. The Bertz CT molecular complexity index is 791. The smallest absolute Gasteiger partial charge is 0.270 e. The molecule has 0 saturated heterocycles. The van der Waals surface area contributed by atoms with Crippen LogP contribution in [0.15, 0.2) is 36.4 Å². The molecule has 0 bridgehead atoms. The van der Waals surface area contributed by atoms with Gasteiger partial charge in [0.05, 0.1) is 25.6 Å². The highest BCUT2D eigenvalue weighted by Gasteiger charge is 2.13. The first kappa shape index (κ1) is 18.1. The summed E-state index contributed by atoms with van der Waals surface area (Å²) < 4.78 is 10.3. The molecule has 0 radical (unpaired) electrons. The highest BCUT2D eigenvalue weighted by Crippen LogP contribution is 2.25. The Kier molecular flexibility index (Phi) is 5.78. The van der Waals surface area contributed by atoms with E-state index in [0.717, 1.165) is 0 Å². The Hall–Kier alpha value is -3.29. The molecule has 8 nitrogen and oxygen atoms in total. The van der Waals surface area contributed by atoms with Crippen LogP contribution in [0, 0.1) is 10.1 Å². The first-order valence-corrected chi connectivity index (χ1v) is 7.38. The number of nitrogens with one attached hydrogen (secondary N) is 1. The predicted octanol–water partition coefficient (Wildman–Crippen LogP) is 2.18. The van der Waals surface area contributed by atoms with Gasteiger partial charge in [-0.2, -0.15) is 0 Å². The second-order valence-electron chi connectivity index (χ2n) is 5.20. The molecule has 2 N–H and O–H groups in total. The fourth-order valence-electron chi connectivity index (χ4n) is 2.25. The molecule has 25 heavy (non-hydrogen) atoms. The van der Waals surface area contributed by atoms with Gasteiger partial charge in [-0.3, -0.25) is 14.9 Å². The molecule has 2 aromatic rings. The molecule has 0 aliphatic heterocycles. The number of nitro benzene ring substituents is 1. The molecular formula is C17H18N2O6. The van der Waals surface area contributed by atoms with E-state index in [4.69, 9.17) is 9.47 Å². The number of aromatic hydroxyl groups is 1. The van der Waals surface area contributed by atoms with E-state index in [1.165, 1.54) is 32.4 Å². The Morgan fingerprint density at radius 1 is 1.16 bits per heavy atom. The third-order valence-electron chi connectivity index (χ3n) is 3.60. The van der Waals surface area contributed by atoms with Crippen LogP contribution in [0.4, 0.5) is 5.69 Å². The number of ether oxygens (including phenoxy) is 2. The predicted molar refractivity (Wildman–Crippen MR) is 89.9 cm³/mol. The molecule has 0 saturated carbocycles. The number of amides is 1. The zero-order valence-corrected chi connectivity index (χ0v) is 13.8. The van der Waals surface area contributed by atoms with Crippen LogP contribution in [0.2, 0.25) is 0 Å². The first-order valence-electron chi connectivity index (χ1n) is 7.38. The molecule has 0 spiro atoms. The number of carbonyl (C=O) groups is 1. The molecule has 132 valence electrons. The molecule has 2 aromatic carbocycles. The van der Waals surface area contributed by atoms with Crippen molar-refractivity contribution in [3.8, 4) is 17.2 Å². The van der Waals surface area contributed by atoms with Crippen LogP contribution in [0.1, 0.15) is 11.1 Å². The van der Waals surface area contributed by atoms with Crippen molar-refractivity contribution in [1.29, 1.82) is 0 Å². The van der Waals surface area contributed by atoms with Crippen molar-refractivity contribution in [2.75, 3.05) is 14.2 Å². The minimum atomic E-state index is -0.563. The molecular weight excluding hydrogens is 328 g/mol. The third kappa shape index (κ3) is 4.60. The minimum absolute atomic E-state index is 0.0230. The van der Waals surface area contributed by atoms with E-state index < -0.39 is 4.92 Å². The van der Waals surface area contributed by atoms with Gasteiger partial charge in [0.1, 0.15) is 17.2 Å². The van der Waals surface area contributed by atoms with Crippen LogP contribution in [0.25, 0.3) is 0 Å². The Labute approximate surface area is 144 Å². The highest BCUT2D eigenvalue weighted by atomic mass is 16.6. The van der Waals surface area contributed by atoms with Crippen molar-refractivity contribution in [3.63, 3.8) is 0 Å². The van der Waals surface area contributed by atoms with E-state index in [2.05, 4.69) is 5.32 Å². The van der Waals surface area contributed by atoms with Gasteiger partial charge < -0.3 is 19.9 Å². The fourth-order valence-corrected chi connectivity index (χ4v) is 2.25. The summed E-state index contributed by atoms with van der Waals surface area (Å²) in [7, 11) is 3.03. The van der Waals surface area contributed by atoms with Crippen molar-refractivity contribution in [2.45, 2.75) is 13.0 Å². The van der Waals surface area contributed by atoms with E-state index in [-0.39, 0.29) is 35.9 Å². The Morgan fingerprint density at radius 3 is 2.56 bits per heavy atom. The van der Waals surface area contributed by atoms with Crippen molar-refractivity contribution in [1.82, 2.24) is 5.32 Å². The van der Waals surface area contributed by atoms with Crippen LogP contribution in [-0.4, -0.2) is 30.2 Å². The summed E-state index contributed by atoms with van der Waals surface area (Å²) in [6.07, 6.45) is 0.0584. The number of hydrogen-bond acceptors (Lipinski definition) is 6. The number of phenols is 1. The van der Waals surface area contributed by atoms with E-state index in [1.807, 2.05) is 0 Å². The van der Waals surface area contributed by atoms with Gasteiger partial charge in [-0.25, -0.2) is 0 Å². The maximum absolute atomic E-state index is 12.1. The molecule has 0 aromatic heterocycles. The molecule has 1 amide bonds. The lowest BCUT2D eigenvalue weighted by atomic mass is 10.1.